The Kier molecular flexibility index (Phi) is 5.16. The van der Waals surface area contributed by atoms with Gasteiger partial charge in [0.05, 0.1) is 35.5 Å². The molecule has 1 N–H and O–H groups in total. The van der Waals surface area contributed by atoms with Crippen LogP contribution >= 0.6 is 0 Å². The highest BCUT2D eigenvalue weighted by Gasteiger charge is 2.42. The molecular weight excluding hydrogens is 400 g/mol. The zero-order valence-electron chi connectivity index (χ0n) is 17.3. The van der Waals surface area contributed by atoms with Gasteiger partial charge in [0.1, 0.15) is 5.75 Å². The van der Waals surface area contributed by atoms with Crippen molar-refractivity contribution in [2.75, 3.05) is 37.1 Å². The molecule has 7 nitrogen and oxygen atoms in total. The molecule has 0 amide bonds. The van der Waals surface area contributed by atoms with Crippen molar-refractivity contribution in [3.05, 3.63) is 47.8 Å². The maximum absolute atomic E-state index is 13.7. The van der Waals surface area contributed by atoms with Crippen LogP contribution in [0.15, 0.2) is 41.4 Å². The van der Waals surface area contributed by atoms with Gasteiger partial charge in [-0.1, -0.05) is 13.0 Å². The van der Waals surface area contributed by atoms with Crippen molar-refractivity contribution in [3.63, 3.8) is 0 Å². The van der Waals surface area contributed by atoms with Crippen LogP contribution in [0.5, 0.6) is 5.75 Å². The van der Waals surface area contributed by atoms with E-state index in [0.29, 0.717) is 41.9 Å². The molecule has 30 heavy (non-hydrogen) atoms. The predicted octanol–water partition coefficient (Wildman–Crippen LogP) is 2.34. The normalized spacial score (nSPS) is 22.0. The fourth-order valence-electron chi connectivity index (χ4n) is 4.99. The minimum atomic E-state index is -3.69. The standard InChI is InChI=1S/C22H28N4O3S/c1-2-23-16-8-12-25(13-9-16)19-15-26(18-5-4-11-24-22(18)19)30(27,28)21-7-3-6-20-17(21)10-14-29-20/h3-7,11,16,19,23H,2,8-10,12-15H2,1H3. The molecule has 3 aliphatic heterocycles. The van der Waals surface area contributed by atoms with Gasteiger partial charge in [-0.05, 0) is 43.7 Å². The number of likely N-dealkylation sites (tertiary alicyclic amines) is 1. The number of nitrogens with zero attached hydrogens (tertiary/aromatic N) is 3. The van der Waals surface area contributed by atoms with Crippen LogP contribution < -0.4 is 14.4 Å². The van der Waals surface area contributed by atoms with Crippen LogP contribution in [-0.2, 0) is 16.4 Å². The number of nitrogens with one attached hydrogen (secondary N) is 1. The molecule has 0 aliphatic carbocycles. The van der Waals surface area contributed by atoms with Gasteiger partial charge in [-0.3, -0.25) is 14.2 Å². The first-order valence-electron chi connectivity index (χ1n) is 10.8. The van der Waals surface area contributed by atoms with Crippen molar-refractivity contribution >= 4 is 15.7 Å². The summed E-state index contributed by atoms with van der Waals surface area (Å²) in [5.41, 5.74) is 2.36. The third kappa shape index (κ3) is 3.27. The van der Waals surface area contributed by atoms with Gasteiger partial charge in [0.2, 0.25) is 0 Å². The Morgan fingerprint density at radius 3 is 2.83 bits per heavy atom. The molecule has 8 heteroatoms. The average molecular weight is 429 g/mol. The van der Waals surface area contributed by atoms with E-state index in [0.717, 1.165) is 43.7 Å². The van der Waals surface area contributed by atoms with E-state index in [1.54, 1.807) is 22.6 Å². The Hall–Kier alpha value is -2.16. The monoisotopic (exact) mass is 428 g/mol. The molecule has 1 saturated heterocycles. The van der Waals surface area contributed by atoms with Crippen molar-refractivity contribution in [1.29, 1.82) is 0 Å². The SMILES string of the molecule is CCNC1CCN(C2CN(S(=O)(=O)c3cccc4c3CCO4)c3cccnc32)CC1. The van der Waals surface area contributed by atoms with Crippen molar-refractivity contribution in [2.45, 2.75) is 43.2 Å². The second kappa shape index (κ2) is 7.83. The molecule has 0 radical (unpaired) electrons. The molecule has 1 fully saturated rings. The molecule has 1 atom stereocenters. The lowest BCUT2D eigenvalue weighted by Gasteiger charge is -2.36. The summed E-state index contributed by atoms with van der Waals surface area (Å²) in [5, 5.41) is 3.53. The van der Waals surface area contributed by atoms with Gasteiger partial charge in [0.25, 0.3) is 10.0 Å². The highest BCUT2D eigenvalue weighted by molar-refractivity contribution is 7.93. The molecule has 3 aliphatic rings. The van der Waals surface area contributed by atoms with Crippen LogP contribution in [0.1, 0.15) is 37.1 Å². The van der Waals surface area contributed by atoms with E-state index in [4.69, 9.17) is 4.74 Å². The van der Waals surface area contributed by atoms with E-state index >= 15 is 0 Å². The van der Waals surface area contributed by atoms with Gasteiger partial charge >= 0.3 is 0 Å². The molecule has 1 unspecified atom stereocenters. The summed E-state index contributed by atoms with van der Waals surface area (Å²) in [6.45, 7) is 5.95. The highest BCUT2D eigenvalue weighted by Crippen LogP contribution is 2.42. The van der Waals surface area contributed by atoms with Crippen LogP contribution in [0.4, 0.5) is 5.69 Å². The minimum Gasteiger partial charge on any atom is -0.493 e. The van der Waals surface area contributed by atoms with Gasteiger partial charge < -0.3 is 10.1 Å². The molecular formula is C22H28N4O3S. The zero-order valence-corrected chi connectivity index (χ0v) is 18.1. The number of sulfonamides is 1. The van der Waals surface area contributed by atoms with Crippen LogP contribution in [0.2, 0.25) is 0 Å². The number of ether oxygens (including phenoxy) is 1. The smallest absolute Gasteiger partial charge is 0.264 e. The molecule has 1 aromatic carbocycles. The molecule has 0 bridgehead atoms. The molecule has 160 valence electrons. The number of pyridine rings is 1. The van der Waals surface area contributed by atoms with Crippen LogP contribution in [0, 0.1) is 0 Å². The number of piperidine rings is 1. The predicted molar refractivity (Wildman–Crippen MR) is 115 cm³/mol. The summed E-state index contributed by atoms with van der Waals surface area (Å²) in [5.74, 6) is 0.684. The van der Waals surface area contributed by atoms with Crippen LogP contribution in [-0.4, -0.2) is 57.1 Å². The Morgan fingerprint density at radius 2 is 2.03 bits per heavy atom. The minimum absolute atomic E-state index is 0.00781. The molecule has 1 aromatic heterocycles. The number of fused-ring (bicyclic) bond motifs is 2. The maximum atomic E-state index is 13.7. The lowest BCUT2D eigenvalue weighted by Crippen LogP contribution is -2.45. The summed E-state index contributed by atoms with van der Waals surface area (Å²) in [6.07, 6.45) is 4.53. The third-order valence-corrected chi connectivity index (χ3v) is 8.33. The second-order valence-corrected chi connectivity index (χ2v) is 9.99. The number of hydrogen-bond acceptors (Lipinski definition) is 6. The topological polar surface area (TPSA) is 74.8 Å². The summed E-state index contributed by atoms with van der Waals surface area (Å²) < 4.78 is 34.6. The third-order valence-electron chi connectivity index (χ3n) is 6.47. The van der Waals surface area contributed by atoms with Gasteiger partial charge in [-0.2, -0.15) is 0 Å². The maximum Gasteiger partial charge on any atom is 0.264 e. The zero-order chi connectivity index (χ0) is 20.7. The lowest BCUT2D eigenvalue weighted by molar-refractivity contribution is 0.150. The average Bonchev–Trinajstić information content (AvgIpc) is 3.39. The number of hydrogen-bond donors (Lipinski definition) is 1. The van der Waals surface area contributed by atoms with Crippen molar-refractivity contribution in [2.24, 2.45) is 0 Å². The largest absolute Gasteiger partial charge is 0.493 e. The van der Waals surface area contributed by atoms with Crippen LogP contribution in [0.3, 0.4) is 0 Å². The van der Waals surface area contributed by atoms with Crippen molar-refractivity contribution in [1.82, 2.24) is 15.2 Å². The molecule has 5 rings (SSSR count). The molecule has 4 heterocycles. The van der Waals surface area contributed by atoms with Gasteiger partial charge in [0, 0.05) is 37.3 Å². The van der Waals surface area contributed by atoms with Gasteiger partial charge in [-0.25, -0.2) is 8.42 Å². The van der Waals surface area contributed by atoms with E-state index in [1.807, 2.05) is 18.2 Å². The summed E-state index contributed by atoms with van der Waals surface area (Å²) in [6, 6.07) is 9.55. The number of rotatable bonds is 5. The van der Waals surface area contributed by atoms with E-state index in [2.05, 4.69) is 22.1 Å². The van der Waals surface area contributed by atoms with Crippen LogP contribution in [0.25, 0.3) is 0 Å². The summed E-state index contributed by atoms with van der Waals surface area (Å²) in [4.78, 5) is 7.37. The van der Waals surface area contributed by atoms with Gasteiger partial charge in [0.15, 0.2) is 0 Å². The van der Waals surface area contributed by atoms with Crippen molar-refractivity contribution < 1.29 is 13.2 Å². The fourth-order valence-corrected chi connectivity index (χ4v) is 6.74. The number of aromatic nitrogens is 1. The Morgan fingerprint density at radius 1 is 1.20 bits per heavy atom. The second-order valence-electron chi connectivity index (χ2n) is 8.16. The van der Waals surface area contributed by atoms with E-state index in [-0.39, 0.29) is 6.04 Å². The summed E-state index contributed by atoms with van der Waals surface area (Å²) >= 11 is 0. The first-order valence-corrected chi connectivity index (χ1v) is 12.2. The Labute approximate surface area is 178 Å². The van der Waals surface area contributed by atoms with E-state index in [9.17, 15) is 8.42 Å². The molecule has 2 aromatic rings. The molecule has 0 spiro atoms. The Balaban J connectivity index is 1.46. The molecule has 0 saturated carbocycles. The van der Waals surface area contributed by atoms with Crippen molar-refractivity contribution in [3.8, 4) is 5.75 Å². The first-order chi connectivity index (χ1) is 14.6. The Bertz CT molecular complexity index is 1030. The van der Waals surface area contributed by atoms with Gasteiger partial charge in [-0.15, -0.1) is 0 Å². The first kappa shape index (κ1) is 19.8. The summed E-state index contributed by atoms with van der Waals surface area (Å²) in [7, 11) is -3.69. The fraction of sp³-hybridized carbons (Fsp3) is 0.500. The highest BCUT2D eigenvalue weighted by atomic mass is 32.2. The quantitative estimate of drug-likeness (QED) is 0.788. The number of anilines is 1. The number of benzene rings is 1. The lowest BCUT2D eigenvalue weighted by atomic mass is 10.0. The van der Waals surface area contributed by atoms with E-state index in [1.165, 1.54) is 0 Å². The van der Waals surface area contributed by atoms with E-state index < -0.39 is 10.0 Å².